The number of nitrogens with one attached hydrogen (secondary N) is 2. The molecule has 0 aliphatic heterocycles. The van der Waals surface area contributed by atoms with Gasteiger partial charge in [0.05, 0.1) is 14.2 Å². The van der Waals surface area contributed by atoms with Crippen LogP contribution in [-0.4, -0.2) is 26.0 Å². The second kappa shape index (κ2) is 10.1. The van der Waals surface area contributed by atoms with Gasteiger partial charge in [-0.25, -0.2) is 0 Å². The number of carbonyl (C=O) groups excluding carboxylic acids is 2. The van der Waals surface area contributed by atoms with E-state index in [1.807, 2.05) is 31.2 Å². The number of carbonyl (C=O) groups is 2. The molecule has 0 saturated heterocycles. The van der Waals surface area contributed by atoms with Crippen molar-refractivity contribution in [3.8, 4) is 11.5 Å². The Kier molecular flexibility index (Phi) is 7.06. The molecule has 2 amide bonds. The number of methoxy groups -OCH3 is 2. The lowest BCUT2D eigenvalue weighted by molar-refractivity contribution is -0.113. The van der Waals surface area contributed by atoms with Gasteiger partial charge in [0.1, 0.15) is 17.2 Å². The number of anilines is 1. The zero-order valence-corrected chi connectivity index (χ0v) is 17.6. The summed E-state index contributed by atoms with van der Waals surface area (Å²) in [5, 5.41) is 5.54. The van der Waals surface area contributed by atoms with E-state index >= 15 is 0 Å². The van der Waals surface area contributed by atoms with E-state index in [1.165, 1.54) is 7.11 Å². The summed E-state index contributed by atoms with van der Waals surface area (Å²) in [6.45, 7) is 1.90. The minimum absolute atomic E-state index is 0.0822. The maximum Gasteiger partial charge on any atom is 0.272 e. The van der Waals surface area contributed by atoms with Crippen molar-refractivity contribution in [3.05, 3.63) is 95.2 Å². The van der Waals surface area contributed by atoms with Gasteiger partial charge in [-0.3, -0.25) is 9.59 Å². The molecule has 6 nitrogen and oxygen atoms in total. The van der Waals surface area contributed by atoms with Crippen LogP contribution < -0.4 is 20.1 Å². The summed E-state index contributed by atoms with van der Waals surface area (Å²) >= 11 is 0. The Balaban J connectivity index is 1.96. The van der Waals surface area contributed by atoms with Crippen LogP contribution in [0.25, 0.3) is 6.08 Å². The molecule has 0 radical (unpaired) electrons. The van der Waals surface area contributed by atoms with Crippen molar-refractivity contribution in [2.24, 2.45) is 0 Å². The summed E-state index contributed by atoms with van der Waals surface area (Å²) in [5.41, 5.74) is 2.72. The summed E-state index contributed by atoms with van der Waals surface area (Å²) in [5.74, 6) is 0.290. The standard InChI is InChI=1S/C25H24N2O4/c1-17-8-7-9-19(14-17)24(28)27-22(25(29)26-20-10-5-4-6-11-20)15-18-12-13-21(30-2)16-23(18)31-3/h4-16H,1-3H3,(H,26,29)(H,27,28)/b22-15+. The lowest BCUT2D eigenvalue weighted by atomic mass is 10.1. The van der Waals surface area contributed by atoms with Crippen LogP contribution in [0.1, 0.15) is 21.5 Å². The van der Waals surface area contributed by atoms with Crippen molar-refractivity contribution in [2.75, 3.05) is 19.5 Å². The van der Waals surface area contributed by atoms with Gasteiger partial charge in [0.2, 0.25) is 0 Å². The molecule has 0 heterocycles. The van der Waals surface area contributed by atoms with E-state index < -0.39 is 5.91 Å². The highest BCUT2D eigenvalue weighted by molar-refractivity contribution is 6.10. The van der Waals surface area contributed by atoms with E-state index in [1.54, 1.807) is 61.7 Å². The van der Waals surface area contributed by atoms with E-state index in [2.05, 4.69) is 10.6 Å². The van der Waals surface area contributed by atoms with Gasteiger partial charge in [0.15, 0.2) is 0 Å². The molecular formula is C25H24N2O4. The third-order valence-corrected chi connectivity index (χ3v) is 4.55. The highest BCUT2D eigenvalue weighted by Crippen LogP contribution is 2.26. The van der Waals surface area contributed by atoms with Gasteiger partial charge in [0, 0.05) is 22.9 Å². The van der Waals surface area contributed by atoms with Crippen molar-refractivity contribution >= 4 is 23.6 Å². The average molecular weight is 416 g/mol. The van der Waals surface area contributed by atoms with Crippen molar-refractivity contribution < 1.29 is 19.1 Å². The first-order valence-corrected chi connectivity index (χ1v) is 9.68. The van der Waals surface area contributed by atoms with Crippen molar-refractivity contribution in [1.82, 2.24) is 5.32 Å². The summed E-state index contributed by atoms with van der Waals surface area (Å²) < 4.78 is 10.7. The fourth-order valence-corrected chi connectivity index (χ4v) is 2.95. The molecule has 0 bridgehead atoms. The molecule has 3 aromatic rings. The van der Waals surface area contributed by atoms with Crippen LogP contribution >= 0.6 is 0 Å². The molecule has 0 aliphatic carbocycles. The Morgan fingerprint density at radius 1 is 0.871 bits per heavy atom. The largest absolute Gasteiger partial charge is 0.497 e. The lowest BCUT2D eigenvalue weighted by Crippen LogP contribution is -2.30. The lowest BCUT2D eigenvalue weighted by Gasteiger charge is -2.13. The quantitative estimate of drug-likeness (QED) is 0.559. The van der Waals surface area contributed by atoms with Gasteiger partial charge in [-0.2, -0.15) is 0 Å². The van der Waals surface area contributed by atoms with Crippen LogP contribution in [0, 0.1) is 6.92 Å². The first-order chi connectivity index (χ1) is 15.0. The molecule has 0 spiro atoms. The SMILES string of the molecule is COc1ccc(/C=C(/NC(=O)c2cccc(C)c2)C(=O)Nc2ccccc2)c(OC)c1. The molecule has 0 atom stereocenters. The minimum atomic E-state index is -0.454. The number of aryl methyl sites for hydroxylation is 1. The fourth-order valence-electron chi connectivity index (χ4n) is 2.95. The zero-order chi connectivity index (χ0) is 22.2. The van der Waals surface area contributed by atoms with Gasteiger partial charge in [-0.1, -0.05) is 35.9 Å². The molecule has 0 aromatic heterocycles. The zero-order valence-electron chi connectivity index (χ0n) is 17.6. The van der Waals surface area contributed by atoms with Crippen molar-refractivity contribution in [2.45, 2.75) is 6.92 Å². The van der Waals surface area contributed by atoms with Gasteiger partial charge in [-0.15, -0.1) is 0 Å². The number of rotatable bonds is 7. The summed E-state index contributed by atoms with van der Waals surface area (Å²) in [7, 11) is 3.09. The normalized spacial score (nSPS) is 10.9. The first-order valence-electron chi connectivity index (χ1n) is 9.68. The second-order valence-electron chi connectivity index (χ2n) is 6.81. The van der Waals surface area contributed by atoms with Crippen molar-refractivity contribution in [1.29, 1.82) is 0 Å². The Morgan fingerprint density at radius 3 is 2.32 bits per heavy atom. The highest BCUT2D eigenvalue weighted by Gasteiger charge is 2.16. The third-order valence-electron chi connectivity index (χ3n) is 4.55. The number of benzene rings is 3. The van der Waals surface area contributed by atoms with Crippen LogP contribution in [-0.2, 0) is 4.79 Å². The van der Waals surface area contributed by atoms with E-state index in [-0.39, 0.29) is 11.6 Å². The van der Waals surface area contributed by atoms with E-state index in [0.717, 1.165) is 5.56 Å². The molecule has 0 unspecified atom stereocenters. The highest BCUT2D eigenvalue weighted by atomic mass is 16.5. The Morgan fingerprint density at radius 2 is 1.65 bits per heavy atom. The molecule has 2 N–H and O–H groups in total. The molecule has 0 aliphatic rings. The molecule has 3 rings (SSSR count). The van der Waals surface area contributed by atoms with Crippen LogP contribution in [0.2, 0.25) is 0 Å². The van der Waals surface area contributed by atoms with Crippen LogP contribution in [0.15, 0.2) is 78.5 Å². The van der Waals surface area contributed by atoms with Gasteiger partial charge in [-0.05, 0) is 49.4 Å². The molecule has 3 aromatic carbocycles. The predicted molar refractivity (Wildman–Crippen MR) is 121 cm³/mol. The summed E-state index contributed by atoms with van der Waals surface area (Å²) in [6.07, 6.45) is 1.57. The molecule has 0 fully saturated rings. The number of amides is 2. The summed E-state index contributed by atoms with van der Waals surface area (Å²) in [4.78, 5) is 25.8. The Hall–Kier alpha value is -4.06. The molecule has 0 saturated carbocycles. The number of para-hydroxylation sites is 1. The Labute approximate surface area is 181 Å². The molecule has 158 valence electrons. The fraction of sp³-hybridized carbons (Fsp3) is 0.120. The van der Waals surface area contributed by atoms with Crippen molar-refractivity contribution in [3.63, 3.8) is 0 Å². The summed E-state index contributed by atoms with van der Waals surface area (Å²) in [6, 6.07) is 21.4. The first kappa shape index (κ1) is 21.6. The van der Waals surface area contributed by atoms with E-state index in [9.17, 15) is 9.59 Å². The average Bonchev–Trinajstić information content (AvgIpc) is 2.79. The van der Waals surface area contributed by atoms with Crippen LogP contribution in [0.3, 0.4) is 0 Å². The maximum absolute atomic E-state index is 13.0. The molecule has 31 heavy (non-hydrogen) atoms. The smallest absolute Gasteiger partial charge is 0.272 e. The maximum atomic E-state index is 13.0. The second-order valence-corrected chi connectivity index (χ2v) is 6.81. The topological polar surface area (TPSA) is 76.7 Å². The number of ether oxygens (including phenoxy) is 2. The van der Waals surface area contributed by atoms with Gasteiger partial charge >= 0.3 is 0 Å². The number of hydrogen-bond acceptors (Lipinski definition) is 4. The van der Waals surface area contributed by atoms with Crippen LogP contribution in [0.5, 0.6) is 11.5 Å². The van der Waals surface area contributed by atoms with E-state index in [0.29, 0.717) is 28.3 Å². The predicted octanol–water partition coefficient (Wildman–Crippen LogP) is 4.42. The number of hydrogen-bond donors (Lipinski definition) is 2. The Bertz CT molecular complexity index is 1110. The molecular weight excluding hydrogens is 392 g/mol. The van der Waals surface area contributed by atoms with E-state index in [4.69, 9.17) is 9.47 Å². The van der Waals surface area contributed by atoms with Crippen LogP contribution in [0.4, 0.5) is 5.69 Å². The third kappa shape index (κ3) is 5.73. The molecule has 6 heteroatoms. The van der Waals surface area contributed by atoms with Gasteiger partial charge < -0.3 is 20.1 Å². The minimum Gasteiger partial charge on any atom is -0.497 e. The monoisotopic (exact) mass is 416 g/mol. The van der Waals surface area contributed by atoms with Gasteiger partial charge in [0.25, 0.3) is 11.8 Å².